The van der Waals surface area contributed by atoms with Crippen LogP contribution in [0.1, 0.15) is 19.4 Å². The number of nitrogens with zero attached hydrogens (tertiary/aromatic N) is 2. The maximum absolute atomic E-state index is 13.3. The first-order valence-corrected chi connectivity index (χ1v) is 12.7. The van der Waals surface area contributed by atoms with Crippen LogP contribution in [0.15, 0.2) is 71.6 Å². The Morgan fingerprint density at radius 3 is 2.32 bits per heavy atom. The summed E-state index contributed by atoms with van der Waals surface area (Å²) in [5, 5.41) is 4.87. The lowest BCUT2D eigenvalue weighted by molar-refractivity contribution is -0.140. The molecule has 2 amide bonds. The van der Waals surface area contributed by atoms with Crippen LogP contribution in [-0.2, 0) is 26.2 Å². The van der Waals surface area contributed by atoms with E-state index in [9.17, 15) is 18.0 Å². The minimum atomic E-state index is -3.94. The second-order valence-electron chi connectivity index (χ2n) is 7.95. The molecular weight excluding hydrogens is 474 g/mol. The van der Waals surface area contributed by atoms with Crippen LogP contribution in [0, 0.1) is 0 Å². The molecule has 0 saturated carbocycles. The van der Waals surface area contributed by atoms with Crippen LogP contribution in [0.25, 0.3) is 10.8 Å². The van der Waals surface area contributed by atoms with Gasteiger partial charge in [0.05, 0.1) is 11.4 Å². The van der Waals surface area contributed by atoms with Gasteiger partial charge in [0.2, 0.25) is 21.8 Å². The van der Waals surface area contributed by atoms with Gasteiger partial charge in [-0.25, -0.2) is 8.42 Å². The number of rotatable bonds is 9. The largest absolute Gasteiger partial charge is 0.355 e. The van der Waals surface area contributed by atoms with Gasteiger partial charge in [-0.1, -0.05) is 60.1 Å². The summed E-state index contributed by atoms with van der Waals surface area (Å²) >= 11 is 6.28. The van der Waals surface area contributed by atoms with Crippen molar-refractivity contribution in [1.82, 2.24) is 14.5 Å². The average molecular weight is 502 g/mol. The van der Waals surface area contributed by atoms with E-state index in [4.69, 9.17) is 11.6 Å². The first kappa shape index (κ1) is 25.7. The van der Waals surface area contributed by atoms with Gasteiger partial charge in [0.15, 0.2) is 0 Å². The van der Waals surface area contributed by atoms with E-state index < -0.39 is 28.5 Å². The Morgan fingerprint density at radius 1 is 1.00 bits per heavy atom. The summed E-state index contributed by atoms with van der Waals surface area (Å²) in [4.78, 5) is 27.3. The van der Waals surface area contributed by atoms with Gasteiger partial charge in [0, 0.05) is 25.2 Å². The van der Waals surface area contributed by atoms with E-state index in [0.29, 0.717) is 17.1 Å². The van der Waals surface area contributed by atoms with Gasteiger partial charge in [-0.3, -0.25) is 9.59 Å². The number of hydrogen-bond donors (Lipinski definition) is 1. The highest BCUT2D eigenvalue weighted by Crippen LogP contribution is 2.22. The zero-order valence-electron chi connectivity index (χ0n) is 19.4. The molecule has 9 heteroatoms. The third-order valence-electron chi connectivity index (χ3n) is 5.60. The number of halogens is 1. The molecule has 0 bridgehead atoms. The van der Waals surface area contributed by atoms with Crippen molar-refractivity contribution in [1.29, 1.82) is 0 Å². The van der Waals surface area contributed by atoms with E-state index in [-0.39, 0.29) is 17.3 Å². The van der Waals surface area contributed by atoms with Crippen LogP contribution in [0.3, 0.4) is 0 Å². The van der Waals surface area contributed by atoms with E-state index in [1.165, 1.54) is 18.0 Å². The number of carbonyl (C=O) groups is 2. The maximum Gasteiger partial charge on any atom is 0.243 e. The Bertz CT molecular complexity index is 1300. The van der Waals surface area contributed by atoms with Gasteiger partial charge in [-0.2, -0.15) is 4.31 Å². The smallest absolute Gasteiger partial charge is 0.243 e. The second kappa shape index (κ2) is 11.0. The molecule has 7 nitrogen and oxygen atoms in total. The summed E-state index contributed by atoms with van der Waals surface area (Å²) in [7, 11) is -2.58. The third-order valence-corrected chi connectivity index (χ3v) is 7.77. The second-order valence-corrected chi connectivity index (χ2v) is 10.4. The maximum atomic E-state index is 13.3. The quantitative estimate of drug-likeness (QED) is 0.484. The van der Waals surface area contributed by atoms with E-state index in [0.717, 1.165) is 15.1 Å². The highest BCUT2D eigenvalue weighted by atomic mass is 35.5. The standard InChI is InChI=1S/C25H28ClN3O4S/c1-4-27-25(31)18(2)29(16-21-11-7-8-12-23(21)26)24(30)17-28(3)34(32,33)22-14-13-19-9-5-6-10-20(19)15-22/h5-15,18H,4,16-17H2,1-3H3,(H,27,31)/t18-/m0/s1. The monoisotopic (exact) mass is 501 g/mol. The van der Waals surface area contributed by atoms with Crippen LogP contribution in [0.5, 0.6) is 0 Å². The van der Waals surface area contributed by atoms with Crippen molar-refractivity contribution >= 4 is 44.2 Å². The molecule has 0 heterocycles. The van der Waals surface area contributed by atoms with Gasteiger partial charge in [-0.05, 0) is 48.4 Å². The molecule has 1 N–H and O–H groups in total. The lowest BCUT2D eigenvalue weighted by atomic mass is 10.1. The summed E-state index contributed by atoms with van der Waals surface area (Å²) < 4.78 is 27.4. The Labute approximate surface area is 205 Å². The molecule has 0 radical (unpaired) electrons. The zero-order valence-corrected chi connectivity index (χ0v) is 20.9. The number of amides is 2. The van der Waals surface area contributed by atoms with Crippen LogP contribution in [-0.4, -0.2) is 55.6 Å². The molecule has 3 aromatic carbocycles. The first-order valence-electron chi connectivity index (χ1n) is 10.9. The van der Waals surface area contributed by atoms with Crippen molar-refractivity contribution in [3.05, 3.63) is 77.3 Å². The minimum Gasteiger partial charge on any atom is -0.355 e. The summed E-state index contributed by atoms with van der Waals surface area (Å²) in [6, 6.07) is 18.5. The zero-order chi connectivity index (χ0) is 24.9. The summed E-state index contributed by atoms with van der Waals surface area (Å²) in [6.45, 7) is 3.45. The summed E-state index contributed by atoms with van der Waals surface area (Å²) in [6.07, 6.45) is 0. The van der Waals surface area contributed by atoms with Crippen molar-refractivity contribution in [2.75, 3.05) is 20.1 Å². The molecule has 0 spiro atoms. The van der Waals surface area contributed by atoms with E-state index >= 15 is 0 Å². The molecule has 0 aliphatic carbocycles. The van der Waals surface area contributed by atoms with E-state index in [1.54, 1.807) is 50.2 Å². The summed E-state index contributed by atoms with van der Waals surface area (Å²) in [5.41, 5.74) is 0.661. The Kier molecular flexibility index (Phi) is 8.30. The molecule has 0 fully saturated rings. The normalized spacial score (nSPS) is 12.5. The fourth-order valence-electron chi connectivity index (χ4n) is 3.59. The minimum absolute atomic E-state index is 0.0701. The first-order chi connectivity index (χ1) is 16.1. The predicted molar refractivity (Wildman–Crippen MR) is 134 cm³/mol. The van der Waals surface area contributed by atoms with Gasteiger partial charge >= 0.3 is 0 Å². The molecule has 0 aliphatic heterocycles. The lowest BCUT2D eigenvalue weighted by Gasteiger charge is -2.30. The molecule has 34 heavy (non-hydrogen) atoms. The van der Waals surface area contributed by atoms with Gasteiger partial charge in [0.1, 0.15) is 6.04 Å². The summed E-state index contributed by atoms with van der Waals surface area (Å²) in [5.74, 6) is -0.839. The van der Waals surface area contributed by atoms with E-state index in [2.05, 4.69) is 5.32 Å². The molecule has 0 unspecified atom stereocenters. The fourth-order valence-corrected chi connectivity index (χ4v) is 4.94. The van der Waals surface area contributed by atoms with Gasteiger partial charge in [-0.15, -0.1) is 0 Å². The number of hydrogen-bond acceptors (Lipinski definition) is 4. The highest BCUT2D eigenvalue weighted by Gasteiger charge is 2.30. The number of fused-ring (bicyclic) bond motifs is 1. The van der Waals surface area contributed by atoms with Gasteiger partial charge in [0.25, 0.3) is 0 Å². The van der Waals surface area contributed by atoms with Crippen LogP contribution in [0.2, 0.25) is 5.02 Å². The highest BCUT2D eigenvalue weighted by molar-refractivity contribution is 7.89. The molecule has 3 aromatic rings. The third kappa shape index (κ3) is 5.75. The number of sulfonamides is 1. The molecular formula is C25H28ClN3O4S. The van der Waals surface area contributed by atoms with Crippen molar-refractivity contribution in [2.45, 2.75) is 31.3 Å². The molecule has 1 atom stereocenters. The Hall–Kier alpha value is -2.94. The van der Waals surface area contributed by atoms with Crippen LogP contribution < -0.4 is 5.32 Å². The van der Waals surface area contributed by atoms with Crippen LogP contribution in [0.4, 0.5) is 0 Å². The fraction of sp³-hybridized carbons (Fsp3) is 0.280. The average Bonchev–Trinajstić information content (AvgIpc) is 2.82. The SMILES string of the molecule is CCNC(=O)[C@H](C)N(Cc1ccccc1Cl)C(=O)CN(C)S(=O)(=O)c1ccc2ccccc2c1. The number of nitrogens with one attached hydrogen (secondary N) is 1. The van der Waals surface area contributed by atoms with Crippen molar-refractivity contribution in [3.63, 3.8) is 0 Å². The number of carbonyl (C=O) groups excluding carboxylic acids is 2. The number of benzene rings is 3. The molecule has 0 aromatic heterocycles. The van der Waals surface area contributed by atoms with Crippen molar-refractivity contribution in [3.8, 4) is 0 Å². The van der Waals surface area contributed by atoms with Crippen molar-refractivity contribution < 1.29 is 18.0 Å². The predicted octanol–water partition coefficient (Wildman–Crippen LogP) is 3.67. The van der Waals surface area contributed by atoms with E-state index in [1.807, 2.05) is 24.3 Å². The van der Waals surface area contributed by atoms with Gasteiger partial charge < -0.3 is 10.2 Å². The topological polar surface area (TPSA) is 86.8 Å². The molecule has 180 valence electrons. The van der Waals surface area contributed by atoms with Crippen molar-refractivity contribution in [2.24, 2.45) is 0 Å². The van der Waals surface area contributed by atoms with Crippen LogP contribution >= 0.6 is 11.6 Å². The Morgan fingerprint density at radius 2 is 1.65 bits per heavy atom. The molecule has 3 rings (SSSR count). The lowest BCUT2D eigenvalue weighted by Crippen LogP contribution is -2.50. The molecule has 0 aliphatic rings. The number of likely N-dealkylation sites (N-methyl/N-ethyl adjacent to an activating group) is 2. The molecule has 0 saturated heterocycles. The Balaban J connectivity index is 1.86.